The fourth-order valence-electron chi connectivity index (χ4n) is 6.64. The van der Waals surface area contributed by atoms with E-state index in [2.05, 4.69) is 46.3 Å². The predicted octanol–water partition coefficient (Wildman–Crippen LogP) is 4.69. The van der Waals surface area contributed by atoms with Crippen LogP contribution in [0.25, 0.3) is 11.0 Å². The minimum Gasteiger partial charge on any atom is -0.393 e. The van der Waals surface area contributed by atoms with Crippen molar-refractivity contribution in [1.29, 1.82) is 0 Å². The number of anilines is 1. The van der Waals surface area contributed by atoms with E-state index >= 15 is 0 Å². The number of rotatable bonds is 8. The Bertz CT molecular complexity index is 938. The maximum atomic E-state index is 10.1. The fourth-order valence-corrected chi connectivity index (χ4v) is 6.64. The van der Waals surface area contributed by atoms with Crippen LogP contribution >= 0.6 is 0 Å². The fraction of sp³-hybridized carbons (Fsp3) is 0.786. The molecule has 1 saturated carbocycles. The summed E-state index contributed by atoms with van der Waals surface area (Å²) < 4.78 is 2.44. The zero-order valence-corrected chi connectivity index (χ0v) is 21.9. The second-order valence-electron chi connectivity index (χ2n) is 11.5. The summed E-state index contributed by atoms with van der Waals surface area (Å²) >= 11 is 0. The molecule has 3 fully saturated rings. The van der Waals surface area contributed by atoms with Gasteiger partial charge in [0.2, 0.25) is 5.95 Å². The van der Waals surface area contributed by atoms with E-state index in [1.807, 2.05) is 0 Å². The summed E-state index contributed by atoms with van der Waals surface area (Å²) in [5, 5.41) is 18.3. The Hall–Kier alpha value is -1.70. The van der Waals surface area contributed by atoms with Crippen molar-refractivity contribution in [2.75, 3.05) is 38.0 Å². The highest BCUT2D eigenvalue weighted by atomic mass is 16.3. The first-order chi connectivity index (χ1) is 17.1. The Morgan fingerprint density at radius 1 is 1.09 bits per heavy atom. The standard InChI is InChI=1S/C28H46N6O/c1-3-4-20(2)31-28-30-17-25-26(19-34(27(25)32-28)23-5-7-24(35)8-6-23)22-11-15-33(16-12-22)18-21-9-13-29-14-10-21/h17,19-24,29,35H,3-16,18H2,1-2H3,(H,30,31,32)/t20-,23-,24-/m0/s1. The molecule has 4 heterocycles. The molecular formula is C28H46N6O. The molecule has 7 heteroatoms. The lowest BCUT2D eigenvalue weighted by Crippen LogP contribution is -2.39. The summed E-state index contributed by atoms with van der Waals surface area (Å²) in [5.74, 6) is 2.20. The number of piperidine rings is 2. The number of hydrogen-bond donors (Lipinski definition) is 3. The minimum absolute atomic E-state index is 0.140. The molecule has 0 unspecified atom stereocenters. The third-order valence-electron chi connectivity index (χ3n) is 8.76. The first kappa shape index (κ1) is 25.0. The van der Waals surface area contributed by atoms with Crippen molar-refractivity contribution in [3.05, 3.63) is 18.0 Å². The Balaban J connectivity index is 1.34. The quantitative estimate of drug-likeness (QED) is 0.507. The molecule has 2 aromatic heterocycles. The first-order valence-corrected chi connectivity index (χ1v) is 14.4. The van der Waals surface area contributed by atoms with E-state index in [9.17, 15) is 5.11 Å². The van der Waals surface area contributed by atoms with Crippen molar-refractivity contribution in [3.63, 3.8) is 0 Å². The third kappa shape index (κ3) is 6.00. The molecule has 1 atom stereocenters. The number of fused-ring (bicyclic) bond motifs is 1. The van der Waals surface area contributed by atoms with E-state index in [0.29, 0.717) is 18.0 Å². The second kappa shape index (κ2) is 11.6. The van der Waals surface area contributed by atoms with Gasteiger partial charge in [-0.05, 0) is 108 Å². The molecule has 3 N–H and O–H groups in total. The normalized spacial score (nSPS) is 26.3. The van der Waals surface area contributed by atoms with Gasteiger partial charge in [0.05, 0.1) is 6.10 Å². The Morgan fingerprint density at radius 2 is 1.83 bits per heavy atom. The van der Waals surface area contributed by atoms with Crippen LogP contribution in [0.4, 0.5) is 5.95 Å². The van der Waals surface area contributed by atoms with Gasteiger partial charge in [0.15, 0.2) is 0 Å². The predicted molar refractivity (Wildman–Crippen MR) is 143 cm³/mol. The van der Waals surface area contributed by atoms with Crippen LogP contribution in [0, 0.1) is 5.92 Å². The van der Waals surface area contributed by atoms with Gasteiger partial charge < -0.3 is 25.2 Å². The van der Waals surface area contributed by atoms with E-state index in [4.69, 9.17) is 9.97 Å². The zero-order valence-electron chi connectivity index (χ0n) is 21.9. The molecule has 0 radical (unpaired) electrons. The van der Waals surface area contributed by atoms with Crippen molar-refractivity contribution in [2.45, 2.75) is 102 Å². The molecule has 3 aliphatic rings. The molecule has 1 aliphatic carbocycles. The summed E-state index contributed by atoms with van der Waals surface area (Å²) in [6.07, 6.45) is 15.5. The summed E-state index contributed by atoms with van der Waals surface area (Å²) in [6.45, 7) is 10.5. The number of hydrogen-bond acceptors (Lipinski definition) is 6. The van der Waals surface area contributed by atoms with Gasteiger partial charge in [-0.15, -0.1) is 0 Å². The van der Waals surface area contributed by atoms with Crippen molar-refractivity contribution < 1.29 is 5.11 Å². The van der Waals surface area contributed by atoms with Crippen LogP contribution in [0.3, 0.4) is 0 Å². The van der Waals surface area contributed by atoms with Crippen molar-refractivity contribution in [1.82, 2.24) is 24.8 Å². The van der Waals surface area contributed by atoms with Crippen LogP contribution in [-0.2, 0) is 0 Å². The molecule has 0 spiro atoms. The monoisotopic (exact) mass is 482 g/mol. The second-order valence-corrected chi connectivity index (χ2v) is 11.5. The van der Waals surface area contributed by atoms with Crippen molar-refractivity contribution in [3.8, 4) is 0 Å². The van der Waals surface area contributed by atoms with Gasteiger partial charge in [0, 0.05) is 36.4 Å². The Kier molecular flexibility index (Phi) is 8.25. The maximum Gasteiger partial charge on any atom is 0.224 e. The number of nitrogens with one attached hydrogen (secondary N) is 2. The smallest absolute Gasteiger partial charge is 0.224 e. The molecule has 35 heavy (non-hydrogen) atoms. The van der Waals surface area contributed by atoms with E-state index in [-0.39, 0.29) is 6.10 Å². The van der Waals surface area contributed by atoms with Crippen molar-refractivity contribution in [2.24, 2.45) is 5.92 Å². The molecule has 2 aliphatic heterocycles. The summed E-state index contributed by atoms with van der Waals surface area (Å²) in [6, 6.07) is 0.792. The van der Waals surface area contributed by atoms with Gasteiger partial charge in [-0.3, -0.25) is 0 Å². The summed E-state index contributed by atoms with van der Waals surface area (Å²) in [5.41, 5.74) is 2.53. The molecule has 7 nitrogen and oxygen atoms in total. The highest BCUT2D eigenvalue weighted by Crippen LogP contribution is 2.38. The van der Waals surface area contributed by atoms with E-state index in [0.717, 1.165) is 56.0 Å². The molecule has 5 rings (SSSR count). The largest absolute Gasteiger partial charge is 0.393 e. The molecule has 0 aromatic carbocycles. The van der Waals surface area contributed by atoms with Gasteiger partial charge in [-0.1, -0.05) is 13.3 Å². The number of likely N-dealkylation sites (tertiary alicyclic amines) is 1. The summed E-state index contributed by atoms with van der Waals surface area (Å²) in [4.78, 5) is 12.5. The number of aliphatic hydroxyl groups is 1. The molecule has 194 valence electrons. The lowest BCUT2D eigenvalue weighted by atomic mass is 9.88. The molecular weight excluding hydrogens is 436 g/mol. The highest BCUT2D eigenvalue weighted by Gasteiger charge is 2.29. The van der Waals surface area contributed by atoms with Gasteiger partial charge >= 0.3 is 0 Å². The minimum atomic E-state index is -0.140. The number of aromatic nitrogens is 3. The van der Waals surface area contributed by atoms with Crippen LogP contribution in [0.2, 0.25) is 0 Å². The maximum absolute atomic E-state index is 10.1. The molecule has 0 amide bonds. The van der Waals surface area contributed by atoms with Crippen LogP contribution in [0.1, 0.15) is 95.6 Å². The van der Waals surface area contributed by atoms with Gasteiger partial charge in [0.1, 0.15) is 5.65 Å². The third-order valence-corrected chi connectivity index (χ3v) is 8.76. The van der Waals surface area contributed by atoms with Crippen LogP contribution in [-0.4, -0.2) is 69.4 Å². The van der Waals surface area contributed by atoms with Crippen molar-refractivity contribution >= 4 is 17.0 Å². The molecule has 0 bridgehead atoms. The average molecular weight is 483 g/mol. The molecule has 2 aromatic rings. The van der Waals surface area contributed by atoms with Gasteiger partial charge in [0.25, 0.3) is 0 Å². The Morgan fingerprint density at radius 3 is 2.54 bits per heavy atom. The van der Waals surface area contributed by atoms with Crippen LogP contribution in [0.5, 0.6) is 0 Å². The van der Waals surface area contributed by atoms with Gasteiger partial charge in [-0.2, -0.15) is 4.98 Å². The molecule has 2 saturated heterocycles. The summed E-state index contributed by atoms with van der Waals surface area (Å²) in [7, 11) is 0. The Labute approximate surface area is 211 Å². The highest BCUT2D eigenvalue weighted by molar-refractivity contribution is 5.81. The van der Waals surface area contributed by atoms with Crippen LogP contribution in [0.15, 0.2) is 12.4 Å². The lowest BCUT2D eigenvalue weighted by Gasteiger charge is -2.35. The van der Waals surface area contributed by atoms with Crippen LogP contribution < -0.4 is 10.6 Å². The zero-order chi connectivity index (χ0) is 24.2. The number of nitrogens with zero attached hydrogens (tertiary/aromatic N) is 4. The van der Waals surface area contributed by atoms with E-state index in [1.54, 1.807) is 0 Å². The SMILES string of the molecule is CCC[C@H](C)Nc1ncc2c(C3CCN(CC4CCNCC4)CC3)cn([C@H]3CC[C@H](O)CC3)c2n1. The van der Waals surface area contributed by atoms with E-state index < -0.39 is 0 Å². The van der Waals surface area contributed by atoms with E-state index in [1.165, 1.54) is 69.4 Å². The topological polar surface area (TPSA) is 78.2 Å². The van der Waals surface area contributed by atoms with Gasteiger partial charge in [-0.25, -0.2) is 4.98 Å². The first-order valence-electron chi connectivity index (χ1n) is 14.4. The number of aliphatic hydroxyl groups excluding tert-OH is 1. The average Bonchev–Trinajstić information content (AvgIpc) is 3.24. The lowest BCUT2D eigenvalue weighted by molar-refractivity contribution is 0.111.